The summed E-state index contributed by atoms with van der Waals surface area (Å²) in [5.74, 6) is 0.222. The van der Waals surface area contributed by atoms with Gasteiger partial charge in [-0.15, -0.1) is 0 Å². The van der Waals surface area contributed by atoms with Crippen molar-refractivity contribution in [3.8, 4) is 17.2 Å². The second-order valence-electron chi connectivity index (χ2n) is 7.41. The normalized spacial score (nSPS) is 13.3. The Morgan fingerprint density at radius 2 is 1.90 bits per heavy atom. The van der Waals surface area contributed by atoms with Gasteiger partial charge in [0.2, 0.25) is 5.91 Å². The minimum atomic E-state index is -2.93. The molecule has 0 spiro atoms. The smallest absolute Gasteiger partial charge is 0.387 e. The fraction of sp³-hybridized carbons (Fsp3) is 0.304. The van der Waals surface area contributed by atoms with Crippen molar-refractivity contribution in [3.05, 3.63) is 72.1 Å². The number of nitrogens with zero attached hydrogens (tertiary/aromatic N) is 3. The lowest BCUT2D eigenvalue weighted by atomic mass is 10.1. The lowest BCUT2D eigenvalue weighted by Crippen LogP contribution is -2.33. The largest absolute Gasteiger partial charge is 0.493 e. The highest BCUT2D eigenvalue weighted by Gasteiger charge is 2.32. The van der Waals surface area contributed by atoms with Crippen LogP contribution in [0.5, 0.6) is 11.5 Å². The van der Waals surface area contributed by atoms with Crippen LogP contribution in [0.25, 0.3) is 5.69 Å². The molecule has 0 aliphatic heterocycles. The highest BCUT2D eigenvalue weighted by molar-refractivity contribution is 5.79. The lowest BCUT2D eigenvalue weighted by Gasteiger charge is -2.23. The fourth-order valence-corrected chi connectivity index (χ4v) is 3.47. The Hall–Kier alpha value is -3.42. The van der Waals surface area contributed by atoms with Crippen LogP contribution < -0.4 is 9.47 Å². The molecule has 1 heterocycles. The van der Waals surface area contributed by atoms with E-state index in [1.807, 2.05) is 41.4 Å². The summed E-state index contributed by atoms with van der Waals surface area (Å²) in [6.07, 6.45) is 5.80. The van der Waals surface area contributed by atoms with Crippen molar-refractivity contribution in [1.82, 2.24) is 14.7 Å². The molecule has 1 aliphatic carbocycles. The first-order valence-electron chi connectivity index (χ1n) is 10.0. The minimum Gasteiger partial charge on any atom is -0.493 e. The van der Waals surface area contributed by atoms with E-state index in [-0.39, 0.29) is 23.4 Å². The summed E-state index contributed by atoms with van der Waals surface area (Å²) in [6.45, 7) is -2.54. The van der Waals surface area contributed by atoms with Crippen molar-refractivity contribution in [2.24, 2.45) is 0 Å². The van der Waals surface area contributed by atoms with E-state index in [2.05, 4.69) is 9.84 Å². The van der Waals surface area contributed by atoms with E-state index in [0.29, 0.717) is 13.0 Å². The van der Waals surface area contributed by atoms with E-state index in [1.54, 1.807) is 23.0 Å². The van der Waals surface area contributed by atoms with Gasteiger partial charge in [0.05, 0.1) is 19.2 Å². The summed E-state index contributed by atoms with van der Waals surface area (Å²) in [4.78, 5) is 14.9. The molecule has 31 heavy (non-hydrogen) atoms. The van der Waals surface area contributed by atoms with Gasteiger partial charge < -0.3 is 14.4 Å². The van der Waals surface area contributed by atoms with Gasteiger partial charge in [-0.3, -0.25) is 4.79 Å². The van der Waals surface area contributed by atoms with Crippen LogP contribution >= 0.6 is 0 Å². The Kier molecular flexibility index (Phi) is 6.16. The summed E-state index contributed by atoms with van der Waals surface area (Å²) in [5.41, 5.74) is 2.65. The van der Waals surface area contributed by atoms with Crippen LogP contribution in [0.15, 0.2) is 60.9 Å². The van der Waals surface area contributed by atoms with Crippen molar-refractivity contribution >= 4 is 5.91 Å². The van der Waals surface area contributed by atoms with E-state index in [0.717, 1.165) is 29.7 Å². The molecule has 6 nitrogen and oxygen atoms in total. The highest BCUT2D eigenvalue weighted by Crippen LogP contribution is 2.33. The van der Waals surface area contributed by atoms with E-state index in [4.69, 9.17) is 4.74 Å². The predicted octanol–water partition coefficient (Wildman–Crippen LogP) is 4.22. The van der Waals surface area contributed by atoms with Crippen LogP contribution in [0.4, 0.5) is 8.78 Å². The minimum absolute atomic E-state index is 0.0252. The maximum Gasteiger partial charge on any atom is 0.387 e. The molecule has 1 aromatic heterocycles. The molecule has 162 valence electrons. The molecule has 0 unspecified atom stereocenters. The van der Waals surface area contributed by atoms with Gasteiger partial charge >= 0.3 is 6.61 Å². The Labute approximate surface area is 179 Å². The van der Waals surface area contributed by atoms with Crippen LogP contribution in [0.2, 0.25) is 0 Å². The molecular weight excluding hydrogens is 404 g/mol. The molecule has 0 saturated heterocycles. The summed E-state index contributed by atoms with van der Waals surface area (Å²) in [6, 6.07) is 14.6. The zero-order valence-corrected chi connectivity index (χ0v) is 17.1. The monoisotopic (exact) mass is 427 g/mol. The lowest BCUT2D eigenvalue weighted by molar-refractivity contribution is -0.131. The van der Waals surface area contributed by atoms with Gasteiger partial charge in [-0.1, -0.05) is 18.2 Å². The number of aromatic nitrogens is 2. The van der Waals surface area contributed by atoms with E-state index >= 15 is 0 Å². The number of amides is 1. The number of carbonyl (C=O) groups excluding carboxylic acids is 1. The molecule has 1 aliphatic rings. The van der Waals surface area contributed by atoms with Gasteiger partial charge in [-0.05, 0) is 54.3 Å². The first-order valence-corrected chi connectivity index (χ1v) is 10.0. The van der Waals surface area contributed by atoms with Crippen LogP contribution in [0, 0.1) is 0 Å². The molecule has 1 fully saturated rings. The third-order valence-electron chi connectivity index (χ3n) is 5.17. The maximum atomic E-state index is 13.0. The first-order chi connectivity index (χ1) is 15.0. The van der Waals surface area contributed by atoms with Gasteiger partial charge in [0.15, 0.2) is 11.5 Å². The Balaban J connectivity index is 1.45. The Bertz CT molecular complexity index is 1020. The standard InChI is InChI=1S/C23H23F2N3O3/c1-30-21-13-17(5-10-20(21)31-23(24)25)15-27(18-8-9-18)22(29)14-16-3-6-19(7-4-16)28-12-2-11-26-28/h2-7,10-13,18,23H,8-9,14-15H2,1H3. The highest BCUT2D eigenvalue weighted by atomic mass is 19.3. The molecule has 0 bridgehead atoms. The molecule has 3 aromatic rings. The number of benzene rings is 2. The topological polar surface area (TPSA) is 56.6 Å². The van der Waals surface area contributed by atoms with E-state index in [9.17, 15) is 13.6 Å². The molecule has 0 radical (unpaired) electrons. The maximum absolute atomic E-state index is 13.0. The van der Waals surface area contributed by atoms with Gasteiger partial charge in [-0.2, -0.15) is 13.9 Å². The number of methoxy groups -OCH3 is 1. The summed E-state index contributed by atoms with van der Waals surface area (Å²) < 4.78 is 36.5. The number of hydrogen-bond donors (Lipinski definition) is 0. The van der Waals surface area contributed by atoms with Crippen LogP contribution in [0.3, 0.4) is 0 Å². The summed E-state index contributed by atoms with van der Waals surface area (Å²) in [7, 11) is 1.40. The Morgan fingerprint density at radius 1 is 1.16 bits per heavy atom. The Morgan fingerprint density at radius 3 is 2.52 bits per heavy atom. The number of halogens is 2. The summed E-state index contributed by atoms with van der Waals surface area (Å²) in [5, 5.41) is 4.20. The second kappa shape index (κ2) is 9.16. The van der Waals surface area contributed by atoms with Crippen LogP contribution in [-0.2, 0) is 17.8 Å². The van der Waals surface area contributed by atoms with Crippen molar-refractivity contribution in [2.75, 3.05) is 7.11 Å². The molecule has 0 N–H and O–H groups in total. The third-order valence-corrected chi connectivity index (χ3v) is 5.17. The van der Waals surface area contributed by atoms with Gasteiger partial charge in [-0.25, -0.2) is 4.68 Å². The molecular formula is C23H23F2N3O3. The number of hydrogen-bond acceptors (Lipinski definition) is 4. The average Bonchev–Trinajstić information content (AvgIpc) is 3.45. The van der Waals surface area contributed by atoms with Crippen molar-refractivity contribution in [2.45, 2.75) is 38.5 Å². The SMILES string of the molecule is COc1cc(CN(C(=O)Cc2ccc(-n3cccn3)cc2)C2CC2)ccc1OC(F)F. The zero-order chi connectivity index (χ0) is 21.8. The van der Waals surface area contributed by atoms with Gasteiger partial charge in [0, 0.05) is 25.0 Å². The molecule has 1 saturated carbocycles. The predicted molar refractivity (Wildman–Crippen MR) is 110 cm³/mol. The molecule has 2 aromatic carbocycles. The fourth-order valence-electron chi connectivity index (χ4n) is 3.47. The average molecular weight is 427 g/mol. The first kappa shape index (κ1) is 20.8. The van der Waals surface area contributed by atoms with E-state index in [1.165, 1.54) is 13.2 Å². The van der Waals surface area contributed by atoms with Crippen molar-refractivity contribution < 1.29 is 23.0 Å². The quantitative estimate of drug-likeness (QED) is 0.513. The van der Waals surface area contributed by atoms with Crippen molar-refractivity contribution in [1.29, 1.82) is 0 Å². The number of rotatable bonds is 9. The van der Waals surface area contributed by atoms with Gasteiger partial charge in [0.1, 0.15) is 0 Å². The van der Waals surface area contributed by atoms with Crippen molar-refractivity contribution in [3.63, 3.8) is 0 Å². The number of alkyl halides is 2. The second-order valence-corrected chi connectivity index (χ2v) is 7.41. The number of ether oxygens (including phenoxy) is 2. The van der Waals surface area contributed by atoms with Crippen LogP contribution in [0.1, 0.15) is 24.0 Å². The zero-order valence-electron chi connectivity index (χ0n) is 17.1. The molecule has 8 heteroatoms. The van der Waals surface area contributed by atoms with Gasteiger partial charge in [0.25, 0.3) is 0 Å². The van der Waals surface area contributed by atoms with Crippen LogP contribution in [-0.4, -0.2) is 40.4 Å². The third kappa shape index (κ3) is 5.20. The number of carbonyl (C=O) groups is 1. The molecule has 4 rings (SSSR count). The van der Waals surface area contributed by atoms with E-state index < -0.39 is 6.61 Å². The molecule has 0 atom stereocenters. The summed E-state index contributed by atoms with van der Waals surface area (Å²) >= 11 is 0. The molecule has 1 amide bonds.